The zero-order valence-electron chi connectivity index (χ0n) is 9.59. The summed E-state index contributed by atoms with van der Waals surface area (Å²) in [5.74, 6) is 0. The first-order valence-corrected chi connectivity index (χ1v) is 5.31. The molecule has 2 heterocycles. The Hall–Kier alpha value is -0.0600. The molecule has 0 radical (unpaired) electrons. The van der Waals surface area contributed by atoms with Gasteiger partial charge >= 0.3 is 0 Å². The average molecular weight is 301 g/mol. The number of nitrogens with one attached hydrogen (secondary N) is 2. The third-order valence-electron chi connectivity index (χ3n) is 2.59. The van der Waals surface area contributed by atoms with Gasteiger partial charge in [-0.3, -0.25) is 4.98 Å². The highest BCUT2D eigenvalue weighted by Crippen LogP contribution is 2.02. The molecular weight excluding hydrogens is 281 g/mol. The van der Waals surface area contributed by atoms with Crippen LogP contribution < -0.4 is 10.6 Å². The van der Waals surface area contributed by atoms with E-state index in [0.717, 1.165) is 19.5 Å². The third-order valence-corrected chi connectivity index (χ3v) is 2.59. The maximum Gasteiger partial charge on any atom is 0.0572 e. The zero-order valence-corrected chi connectivity index (χ0v) is 12.0. The Morgan fingerprint density at radius 1 is 1.35 bits per heavy atom. The number of rotatable bonds is 4. The van der Waals surface area contributed by atoms with Crippen LogP contribution in [0.4, 0.5) is 0 Å². The van der Waals surface area contributed by atoms with Gasteiger partial charge in [-0.2, -0.15) is 0 Å². The van der Waals surface area contributed by atoms with E-state index in [1.165, 1.54) is 18.4 Å². The Morgan fingerprint density at radius 2 is 2.18 bits per heavy atom. The maximum absolute atomic E-state index is 4.09. The van der Waals surface area contributed by atoms with Crippen molar-refractivity contribution < 1.29 is 0 Å². The standard InChI is InChI=1S/C11H17N3.3ClH/c1-3-10(9-12-6-1)5-8-14-11-4-2-7-13-11;;;/h1,3,6,9,11,13-14H,2,4-5,7-8H2;3*1H. The lowest BCUT2D eigenvalue weighted by atomic mass is 10.2. The minimum Gasteiger partial charge on any atom is -0.302 e. The quantitative estimate of drug-likeness (QED) is 0.895. The summed E-state index contributed by atoms with van der Waals surface area (Å²) in [7, 11) is 0. The molecule has 1 aromatic heterocycles. The summed E-state index contributed by atoms with van der Waals surface area (Å²) in [4.78, 5) is 4.09. The van der Waals surface area contributed by atoms with Gasteiger partial charge in [0.15, 0.2) is 0 Å². The number of halogens is 3. The molecule has 0 spiro atoms. The highest BCUT2D eigenvalue weighted by molar-refractivity contribution is 5.86. The molecule has 0 aromatic carbocycles. The predicted octanol–water partition coefficient (Wildman–Crippen LogP) is 2.19. The summed E-state index contributed by atoms with van der Waals surface area (Å²) in [5, 5.41) is 6.91. The molecule has 0 aliphatic carbocycles. The van der Waals surface area contributed by atoms with E-state index in [-0.39, 0.29) is 37.2 Å². The summed E-state index contributed by atoms with van der Waals surface area (Å²) in [5.41, 5.74) is 1.30. The van der Waals surface area contributed by atoms with Crippen molar-refractivity contribution in [1.82, 2.24) is 15.6 Å². The predicted molar refractivity (Wildman–Crippen MR) is 78.7 cm³/mol. The van der Waals surface area contributed by atoms with E-state index in [4.69, 9.17) is 0 Å². The maximum atomic E-state index is 4.09. The van der Waals surface area contributed by atoms with Gasteiger partial charge in [0, 0.05) is 18.9 Å². The van der Waals surface area contributed by atoms with Gasteiger partial charge < -0.3 is 10.6 Å². The normalized spacial score (nSPS) is 17.5. The second-order valence-corrected chi connectivity index (χ2v) is 3.71. The van der Waals surface area contributed by atoms with E-state index in [0.29, 0.717) is 6.17 Å². The van der Waals surface area contributed by atoms with Crippen molar-refractivity contribution in [3.8, 4) is 0 Å². The van der Waals surface area contributed by atoms with Crippen molar-refractivity contribution in [2.24, 2.45) is 0 Å². The van der Waals surface area contributed by atoms with Crippen LogP contribution in [0, 0.1) is 0 Å². The van der Waals surface area contributed by atoms with E-state index in [1.807, 2.05) is 18.5 Å². The van der Waals surface area contributed by atoms with Crippen molar-refractivity contribution in [2.45, 2.75) is 25.4 Å². The SMILES string of the molecule is Cl.Cl.Cl.c1cncc(CCNC2CCCN2)c1. The second kappa shape index (κ2) is 11.1. The summed E-state index contributed by atoms with van der Waals surface area (Å²) in [6, 6.07) is 4.11. The number of hydrogen-bond acceptors (Lipinski definition) is 3. The van der Waals surface area contributed by atoms with Crippen molar-refractivity contribution in [1.29, 1.82) is 0 Å². The van der Waals surface area contributed by atoms with Gasteiger partial charge in [-0.25, -0.2) is 0 Å². The highest BCUT2D eigenvalue weighted by Gasteiger charge is 2.11. The molecular formula is C11H20Cl3N3. The van der Waals surface area contributed by atoms with Crippen LogP contribution in [-0.2, 0) is 6.42 Å². The lowest BCUT2D eigenvalue weighted by molar-refractivity contribution is 0.486. The van der Waals surface area contributed by atoms with Crippen LogP contribution in [0.5, 0.6) is 0 Å². The van der Waals surface area contributed by atoms with E-state index in [1.54, 1.807) is 0 Å². The van der Waals surface area contributed by atoms with Crippen LogP contribution in [0.15, 0.2) is 24.5 Å². The molecule has 6 heteroatoms. The molecule has 1 saturated heterocycles. The second-order valence-electron chi connectivity index (χ2n) is 3.71. The number of hydrogen-bond donors (Lipinski definition) is 2. The van der Waals surface area contributed by atoms with Crippen molar-refractivity contribution in [3.05, 3.63) is 30.1 Å². The van der Waals surface area contributed by atoms with E-state index >= 15 is 0 Å². The Kier molecular flexibility index (Phi) is 12.5. The summed E-state index contributed by atoms with van der Waals surface area (Å²) in [6.45, 7) is 2.19. The van der Waals surface area contributed by atoms with Crippen LogP contribution >= 0.6 is 37.2 Å². The molecule has 0 amide bonds. The lowest BCUT2D eigenvalue weighted by Gasteiger charge is -2.11. The van der Waals surface area contributed by atoms with Crippen molar-refractivity contribution in [3.63, 3.8) is 0 Å². The molecule has 0 saturated carbocycles. The molecule has 1 unspecified atom stereocenters. The van der Waals surface area contributed by atoms with Crippen LogP contribution in [0.25, 0.3) is 0 Å². The molecule has 2 N–H and O–H groups in total. The fraction of sp³-hybridized carbons (Fsp3) is 0.545. The molecule has 1 aliphatic heterocycles. The first-order valence-electron chi connectivity index (χ1n) is 5.31. The molecule has 1 atom stereocenters. The van der Waals surface area contributed by atoms with Gasteiger partial charge in [-0.05, 0) is 37.4 Å². The fourth-order valence-electron chi connectivity index (χ4n) is 1.80. The van der Waals surface area contributed by atoms with E-state index < -0.39 is 0 Å². The van der Waals surface area contributed by atoms with Crippen molar-refractivity contribution >= 4 is 37.2 Å². The molecule has 1 aliphatic rings. The van der Waals surface area contributed by atoms with E-state index in [9.17, 15) is 0 Å². The average Bonchev–Trinajstić information content (AvgIpc) is 2.72. The van der Waals surface area contributed by atoms with Crippen LogP contribution in [0.3, 0.4) is 0 Å². The Morgan fingerprint density at radius 3 is 2.76 bits per heavy atom. The van der Waals surface area contributed by atoms with Crippen molar-refractivity contribution in [2.75, 3.05) is 13.1 Å². The highest BCUT2D eigenvalue weighted by atomic mass is 35.5. The zero-order chi connectivity index (χ0) is 9.64. The van der Waals surface area contributed by atoms with Gasteiger partial charge in [0.2, 0.25) is 0 Å². The first kappa shape index (κ1) is 19.3. The Bertz CT molecular complexity index is 266. The first-order chi connectivity index (χ1) is 6.95. The largest absolute Gasteiger partial charge is 0.302 e. The van der Waals surface area contributed by atoms with Gasteiger partial charge in [-0.1, -0.05) is 6.07 Å². The lowest BCUT2D eigenvalue weighted by Crippen LogP contribution is -2.38. The molecule has 1 aromatic rings. The van der Waals surface area contributed by atoms with Crippen LogP contribution in [0.2, 0.25) is 0 Å². The number of aromatic nitrogens is 1. The van der Waals surface area contributed by atoms with Gasteiger partial charge in [0.05, 0.1) is 6.17 Å². The summed E-state index contributed by atoms with van der Waals surface area (Å²) < 4.78 is 0. The Labute approximate surface area is 121 Å². The summed E-state index contributed by atoms with van der Waals surface area (Å²) in [6.07, 6.45) is 7.90. The number of nitrogens with zero attached hydrogens (tertiary/aromatic N) is 1. The molecule has 1 fully saturated rings. The van der Waals surface area contributed by atoms with Gasteiger partial charge in [0.25, 0.3) is 0 Å². The Balaban J connectivity index is 0. The molecule has 17 heavy (non-hydrogen) atoms. The third kappa shape index (κ3) is 7.06. The molecule has 100 valence electrons. The molecule has 2 rings (SSSR count). The minimum absolute atomic E-state index is 0. The number of pyridine rings is 1. The topological polar surface area (TPSA) is 37.0 Å². The van der Waals surface area contributed by atoms with Gasteiger partial charge in [0.1, 0.15) is 0 Å². The van der Waals surface area contributed by atoms with Crippen LogP contribution in [0.1, 0.15) is 18.4 Å². The van der Waals surface area contributed by atoms with Gasteiger partial charge in [-0.15, -0.1) is 37.2 Å². The van der Waals surface area contributed by atoms with E-state index in [2.05, 4.69) is 21.7 Å². The molecule has 0 bridgehead atoms. The monoisotopic (exact) mass is 299 g/mol. The fourth-order valence-corrected chi connectivity index (χ4v) is 1.80. The smallest absolute Gasteiger partial charge is 0.0572 e. The molecule has 3 nitrogen and oxygen atoms in total. The summed E-state index contributed by atoms with van der Waals surface area (Å²) >= 11 is 0. The minimum atomic E-state index is 0. The van der Waals surface area contributed by atoms with Crippen LogP contribution in [-0.4, -0.2) is 24.2 Å².